The van der Waals surface area contributed by atoms with Gasteiger partial charge in [0.2, 0.25) is 5.91 Å². The van der Waals surface area contributed by atoms with Gasteiger partial charge in [0.1, 0.15) is 6.04 Å². The molecule has 2 aliphatic heterocycles. The van der Waals surface area contributed by atoms with Crippen molar-refractivity contribution in [2.75, 3.05) is 31.1 Å². The van der Waals surface area contributed by atoms with Crippen molar-refractivity contribution >= 4 is 23.5 Å². The number of piperazine rings is 1. The van der Waals surface area contributed by atoms with Crippen LogP contribution in [-0.4, -0.2) is 69.9 Å². The molecule has 3 amide bonds. The van der Waals surface area contributed by atoms with Crippen LogP contribution in [0.2, 0.25) is 0 Å². The molecule has 0 aliphatic carbocycles. The molecule has 8 nitrogen and oxygen atoms in total. The molecular formula is C27H27N5O3. The minimum Gasteiger partial charge on any atom is -0.352 e. The molecule has 2 aliphatic rings. The molecule has 3 heterocycles. The first-order chi connectivity index (χ1) is 17.0. The molecule has 0 N–H and O–H groups in total. The Kier molecular flexibility index (Phi) is 6.03. The smallest absolute Gasteiger partial charge is 0.262 e. The van der Waals surface area contributed by atoms with E-state index in [1.165, 1.54) is 0 Å². The highest BCUT2D eigenvalue weighted by molar-refractivity contribution is 6.22. The summed E-state index contributed by atoms with van der Waals surface area (Å²) in [5.41, 5.74) is 2.54. The highest BCUT2D eigenvalue weighted by Crippen LogP contribution is 2.28. The van der Waals surface area contributed by atoms with Gasteiger partial charge >= 0.3 is 0 Å². The second kappa shape index (κ2) is 9.29. The second-order valence-corrected chi connectivity index (χ2v) is 9.17. The van der Waals surface area contributed by atoms with Gasteiger partial charge in [-0.25, -0.2) is 0 Å². The first kappa shape index (κ1) is 22.7. The molecule has 3 aromatic rings. The monoisotopic (exact) mass is 469 g/mol. The number of fused-ring (bicyclic) bond motifs is 1. The summed E-state index contributed by atoms with van der Waals surface area (Å²) < 4.78 is 0. The van der Waals surface area contributed by atoms with E-state index in [4.69, 9.17) is 0 Å². The number of nitrogens with zero attached hydrogens (tertiary/aromatic N) is 5. The van der Waals surface area contributed by atoms with E-state index in [1.54, 1.807) is 29.2 Å². The molecule has 1 atom stereocenters. The molecule has 1 unspecified atom stereocenters. The van der Waals surface area contributed by atoms with Crippen molar-refractivity contribution < 1.29 is 14.4 Å². The molecular weight excluding hydrogens is 442 g/mol. The standard InChI is InChI=1S/C27H27N5O3/c1-18(2)24(32-25(33)20-10-6-7-11-21(20)26(32)34)27(35)31-16-14-30(15-17-31)23-13-12-22(28-29-23)19-8-4-3-5-9-19/h3-13,18,24H,14-17H2,1-2H3. The highest BCUT2D eigenvalue weighted by Gasteiger charge is 2.45. The summed E-state index contributed by atoms with van der Waals surface area (Å²) in [5, 5.41) is 8.76. The van der Waals surface area contributed by atoms with Gasteiger partial charge in [-0.3, -0.25) is 19.3 Å². The summed E-state index contributed by atoms with van der Waals surface area (Å²) in [7, 11) is 0. The van der Waals surface area contributed by atoms with Gasteiger partial charge in [0, 0.05) is 31.7 Å². The van der Waals surface area contributed by atoms with Crippen LogP contribution in [0.4, 0.5) is 5.82 Å². The molecule has 5 rings (SSSR count). The van der Waals surface area contributed by atoms with Crippen LogP contribution < -0.4 is 4.90 Å². The number of anilines is 1. The van der Waals surface area contributed by atoms with Crippen molar-refractivity contribution in [3.63, 3.8) is 0 Å². The molecule has 35 heavy (non-hydrogen) atoms. The Morgan fingerprint density at radius 1 is 0.771 bits per heavy atom. The van der Waals surface area contributed by atoms with Crippen LogP contribution in [0, 0.1) is 5.92 Å². The molecule has 8 heteroatoms. The minimum atomic E-state index is -0.834. The quantitative estimate of drug-likeness (QED) is 0.534. The van der Waals surface area contributed by atoms with Crippen LogP contribution in [0.15, 0.2) is 66.7 Å². The molecule has 0 radical (unpaired) electrons. The average molecular weight is 470 g/mol. The van der Waals surface area contributed by atoms with Crippen molar-refractivity contribution in [1.82, 2.24) is 20.0 Å². The normalized spacial score (nSPS) is 16.6. The maximum atomic E-state index is 13.5. The van der Waals surface area contributed by atoms with Crippen molar-refractivity contribution in [2.45, 2.75) is 19.9 Å². The summed E-state index contributed by atoms with van der Waals surface area (Å²) in [6.07, 6.45) is 0. The number of imide groups is 1. The van der Waals surface area contributed by atoms with E-state index in [9.17, 15) is 14.4 Å². The lowest BCUT2D eigenvalue weighted by atomic mass is 10.0. The predicted octanol–water partition coefficient (Wildman–Crippen LogP) is 3.11. The first-order valence-corrected chi connectivity index (χ1v) is 11.9. The number of hydrogen-bond donors (Lipinski definition) is 0. The SMILES string of the molecule is CC(C)C(C(=O)N1CCN(c2ccc(-c3ccccc3)nn2)CC1)N1C(=O)c2ccccc2C1=O. The number of carbonyl (C=O) groups excluding carboxylic acids is 3. The summed E-state index contributed by atoms with van der Waals surface area (Å²) in [4.78, 5) is 44.6. The van der Waals surface area contributed by atoms with Crippen molar-refractivity contribution in [2.24, 2.45) is 5.92 Å². The number of aromatic nitrogens is 2. The lowest BCUT2D eigenvalue weighted by Gasteiger charge is -2.39. The molecule has 2 aromatic carbocycles. The highest BCUT2D eigenvalue weighted by atomic mass is 16.2. The number of amides is 3. The summed E-state index contributed by atoms with van der Waals surface area (Å²) in [5.74, 6) is -0.438. The Labute approximate surface area is 204 Å². The van der Waals surface area contributed by atoms with Crippen LogP contribution >= 0.6 is 0 Å². The van der Waals surface area contributed by atoms with Gasteiger partial charge in [0.25, 0.3) is 11.8 Å². The number of benzene rings is 2. The fourth-order valence-corrected chi connectivity index (χ4v) is 4.75. The Morgan fingerprint density at radius 3 is 1.91 bits per heavy atom. The van der Waals surface area contributed by atoms with E-state index in [1.807, 2.05) is 56.3 Å². The Hall–Kier alpha value is -4.07. The average Bonchev–Trinajstić information content (AvgIpc) is 3.15. The largest absolute Gasteiger partial charge is 0.352 e. The minimum absolute atomic E-state index is 0.195. The van der Waals surface area contributed by atoms with Gasteiger partial charge < -0.3 is 9.80 Å². The molecule has 0 bridgehead atoms. The van der Waals surface area contributed by atoms with E-state index in [0.29, 0.717) is 37.3 Å². The molecule has 178 valence electrons. The van der Waals surface area contributed by atoms with Gasteiger partial charge in [-0.15, -0.1) is 10.2 Å². The number of rotatable bonds is 5. The van der Waals surface area contributed by atoms with Gasteiger partial charge in [-0.05, 0) is 30.2 Å². The van der Waals surface area contributed by atoms with E-state index in [-0.39, 0.29) is 11.8 Å². The van der Waals surface area contributed by atoms with Gasteiger partial charge in [-0.1, -0.05) is 56.3 Å². The van der Waals surface area contributed by atoms with Gasteiger partial charge in [0.15, 0.2) is 5.82 Å². The van der Waals surface area contributed by atoms with Crippen molar-refractivity contribution in [3.8, 4) is 11.3 Å². The van der Waals surface area contributed by atoms with Gasteiger partial charge in [0.05, 0.1) is 16.8 Å². The molecule has 1 saturated heterocycles. The van der Waals surface area contributed by atoms with E-state index < -0.39 is 17.9 Å². The third-order valence-corrected chi connectivity index (χ3v) is 6.62. The van der Waals surface area contributed by atoms with Crippen LogP contribution in [0.25, 0.3) is 11.3 Å². The predicted molar refractivity (Wildman–Crippen MR) is 132 cm³/mol. The fraction of sp³-hybridized carbons (Fsp3) is 0.296. The Morgan fingerprint density at radius 2 is 1.37 bits per heavy atom. The lowest BCUT2D eigenvalue weighted by Crippen LogP contribution is -2.57. The van der Waals surface area contributed by atoms with E-state index in [2.05, 4.69) is 15.1 Å². The second-order valence-electron chi connectivity index (χ2n) is 9.17. The van der Waals surface area contributed by atoms with Crippen LogP contribution in [0.5, 0.6) is 0 Å². The zero-order valence-corrected chi connectivity index (χ0v) is 19.8. The zero-order chi connectivity index (χ0) is 24.5. The molecule has 0 spiro atoms. The van der Waals surface area contributed by atoms with Crippen molar-refractivity contribution in [3.05, 3.63) is 77.9 Å². The third kappa shape index (κ3) is 4.16. The first-order valence-electron chi connectivity index (χ1n) is 11.9. The molecule has 1 aromatic heterocycles. The third-order valence-electron chi connectivity index (χ3n) is 6.62. The number of carbonyl (C=O) groups is 3. The van der Waals surface area contributed by atoms with E-state index in [0.717, 1.165) is 22.0 Å². The van der Waals surface area contributed by atoms with Gasteiger partial charge in [-0.2, -0.15) is 0 Å². The van der Waals surface area contributed by atoms with Crippen LogP contribution in [0.3, 0.4) is 0 Å². The topological polar surface area (TPSA) is 86.7 Å². The number of hydrogen-bond acceptors (Lipinski definition) is 6. The maximum Gasteiger partial charge on any atom is 0.262 e. The van der Waals surface area contributed by atoms with Crippen LogP contribution in [0.1, 0.15) is 34.6 Å². The lowest BCUT2D eigenvalue weighted by molar-refractivity contribution is -0.137. The van der Waals surface area contributed by atoms with Crippen molar-refractivity contribution in [1.29, 1.82) is 0 Å². The summed E-state index contributed by atoms with van der Waals surface area (Å²) in [6, 6.07) is 19.7. The maximum absolute atomic E-state index is 13.5. The fourth-order valence-electron chi connectivity index (χ4n) is 4.75. The Bertz CT molecular complexity index is 1220. The van der Waals surface area contributed by atoms with E-state index >= 15 is 0 Å². The zero-order valence-electron chi connectivity index (χ0n) is 19.8. The Balaban J connectivity index is 1.27. The van der Waals surface area contributed by atoms with Crippen LogP contribution in [-0.2, 0) is 4.79 Å². The summed E-state index contributed by atoms with van der Waals surface area (Å²) in [6.45, 7) is 5.88. The molecule has 1 fully saturated rings. The molecule has 0 saturated carbocycles. The summed E-state index contributed by atoms with van der Waals surface area (Å²) >= 11 is 0.